The zero-order valence-corrected chi connectivity index (χ0v) is 20.2. The molecule has 8 nitrogen and oxygen atoms in total. The number of carbonyl (C=O) groups is 4. The topological polar surface area (TPSA) is 96.0 Å². The molecule has 3 fully saturated rings. The van der Waals surface area contributed by atoms with E-state index < -0.39 is 17.6 Å². The quantitative estimate of drug-likeness (QED) is 0.652. The first-order valence-corrected chi connectivity index (χ1v) is 12.3. The summed E-state index contributed by atoms with van der Waals surface area (Å²) in [5.41, 5.74) is 1.18. The molecule has 3 amide bonds. The Balaban J connectivity index is 1.31. The molecule has 4 aliphatic rings. The maximum absolute atomic E-state index is 13.5. The van der Waals surface area contributed by atoms with Crippen molar-refractivity contribution in [3.63, 3.8) is 0 Å². The number of fused-ring (bicyclic) bond motifs is 2. The number of hydrogen-bond acceptors (Lipinski definition) is 5. The molecule has 1 aliphatic heterocycles. The maximum atomic E-state index is 13.5. The van der Waals surface area contributed by atoms with Gasteiger partial charge in [-0.25, -0.2) is 4.79 Å². The number of ether oxygens (including phenoxy) is 1. The molecule has 184 valence electrons. The number of nitrogens with zero attached hydrogens (tertiary/aromatic N) is 2. The smallest absolute Gasteiger partial charge is 0.411 e. The van der Waals surface area contributed by atoms with Gasteiger partial charge in [0.05, 0.1) is 12.2 Å². The van der Waals surface area contributed by atoms with Crippen molar-refractivity contribution in [3.8, 4) is 0 Å². The van der Waals surface area contributed by atoms with Gasteiger partial charge in [0.15, 0.2) is 11.4 Å². The minimum atomic E-state index is -0.900. The maximum Gasteiger partial charge on any atom is 0.411 e. The number of ketones is 1. The molecule has 1 aromatic carbocycles. The van der Waals surface area contributed by atoms with Crippen molar-refractivity contribution in [1.82, 2.24) is 15.1 Å². The van der Waals surface area contributed by atoms with Crippen LogP contribution in [0.5, 0.6) is 0 Å². The van der Waals surface area contributed by atoms with Crippen molar-refractivity contribution < 1.29 is 23.9 Å². The highest BCUT2D eigenvalue weighted by atomic mass is 16.6. The fourth-order valence-electron chi connectivity index (χ4n) is 5.64. The summed E-state index contributed by atoms with van der Waals surface area (Å²) in [6.45, 7) is 4.14. The molecular weight excluding hydrogens is 446 g/mol. The predicted molar refractivity (Wildman–Crippen MR) is 128 cm³/mol. The van der Waals surface area contributed by atoms with Gasteiger partial charge < -0.3 is 15.0 Å². The van der Waals surface area contributed by atoms with Crippen molar-refractivity contribution in [2.45, 2.75) is 57.7 Å². The second kappa shape index (κ2) is 8.98. The lowest BCUT2D eigenvalue weighted by molar-refractivity contribution is -0.135. The number of hydrogen-bond donors (Lipinski definition) is 1. The van der Waals surface area contributed by atoms with Crippen LogP contribution in [0.4, 0.5) is 4.79 Å². The molecule has 5 rings (SSSR count). The highest BCUT2D eigenvalue weighted by Crippen LogP contribution is 2.48. The van der Waals surface area contributed by atoms with Crippen LogP contribution in [0.2, 0.25) is 0 Å². The number of Topliss-reactive ketones (excluding diaryl/α,β-unsaturated/α-hetero) is 1. The van der Waals surface area contributed by atoms with Gasteiger partial charge in [-0.1, -0.05) is 36.4 Å². The molecule has 1 spiro atoms. The van der Waals surface area contributed by atoms with E-state index in [1.54, 1.807) is 12.2 Å². The van der Waals surface area contributed by atoms with Gasteiger partial charge in [0.1, 0.15) is 6.54 Å². The van der Waals surface area contributed by atoms with Crippen molar-refractivity contribution in [2.24, 2.45) is 11.8 Å². The fourth-order valence-corrected chi connectivity index (χ4v) is 5.64. The number of carbonyl (C=O) groups excluding carboxylic acids is 4. The monoisotopic (exact) mass is 477 g/mol. The molecule has 0 bridgehead atoms. The summed E-state index contributed by atoms with van der Waals surface area (Å²) in [6.07, 6.45) is 6.14. The van der Waals surface area contributed by atoms with E-state index >= 15 is 0 Å². The molecular formula is C27H31N3O5. The van der Waals surface area contributed by atoms with Crippen LogP contribution in [0.3, 0.4) is 0 Å². The third-order valence-corrected chi connectivity index (χ3v) is 7.69. The fraction of sp³-hybridized carbons (Fsp3) is 0.481. The summed E-state index contributed by atoms with van der Waals surface area (Å²) in [4.78, 5) is 54.0. The Labute approximate surface area is 205 Å². The van der Waals surface area contributed by atoms with Gasteiger partial charge >= 0.3 is 6.09 Å². The van der Waals surface area contributed by atoms with E-state index in [1.807, 2.05) is 35.2 Å². The number of allylic oxidation sites excluding steroid dienone is 3. The summed E-state index contributed by atoms with van der Waals surface area (Å²) in [5, 5.41) is 2.58. The minimum Gasteiger partial charge on any atom is -0.436 e. The minimum absolute atomic E-state index is 0.0522. The molecule has 2 saturated carbocycles. The molecule has 1 aromatic rings. The zero-order chi connectivity index (χ0) is 24.7. The van der Waals surface area contributed by atoms with Gasteiger partial charge in [-0.05, 0) is 55.7 Å². The van der Waals surface area contributed by atoms with Gasteiger partial charge in [0.2, 0.25) is 11.8 Å². The van der Waals surface area contributed by atoms with E-state index in [0.29, 0.717) is 25.3 Å². The molecule has 8 heteroatoms. The average Bonchev–Trinajstić information content (AvgIpc) is 3.55. The highest BCUT2D eigenvalue weighted by molar-refractivity contribution is 6.03. The van der Waals surface area contributed by atoms with Crippen LogP contribution in [0, 0.1) is 11.8 Å². The summed E-state index contributed by atoms with van der Waals surface area (Å²) in [5.74, 6) is -0.481. The SMILES string of the molecule is CC(=O)NC1=CC=C2C(CC[C@]23CN(CC(=O)N(Cc2ccccc2)C(C)C2CC2)C(=O)O3)C1=O. The zero-order valence-electron chi connectivity index (χ0n) is 20.2. The van der Waals surface area contributed by atoms with Crippen molar-refractivity contribution in [1.29, 1.82) is 0 Å². The number of amides is 3. The van der Waals surface area contributed by atoms with Gasteiger partial charge in [-0.3, -0.25) is 19.3 Å². The lowest BCUT2D eigenvalue weighted by Gasteiger charge is -2.31. The lowest BCUT2D eigenvalue weighted by atomic mass is 9.85. The molecule has 1 heterocycles. The predicted octanol–water partition coefficient (Wildman–Crippen LogP) is 2.94. The van der Waals surface area contributed by atoms with Crippen LogP contribution < -0.4 is 5.32 Å². The Kier molecular flexibility index (Phi) is 5.99. The van der Waals surface area contributed by atoms with Crippen molar-refractivity contribution in [3.05, 3.63) is 59.3 Å². The molecule has 3 atom stereocenters. The van der Waals surface area contributed by atoms with E-state index in [0.717, 1.165) is 24.0 Å². The molecule has 3 aliphatic carbocycles. The van der Waals surface area contributed by atoms with Crippen LogP contribution in [0.25, 0.3) is 0 Å². The Bertz CT molecular complexity index is 1120. The normalized spacial score (nSPS) is 26.1. The van der Waals surface area contributed by atoms with Crippen LogP contribution in [0.15, 0.2) is 53.8 Å². The molecule has 0 aromatic heterocycles. The highest BCUT2D eigenvalue weighted by Gasteiger charge is 2.56. The average molecular weight is 478 g/mol. The van der Waals surface area contributed by atoms with Crippen LogP contribution in [-0.4, -0.2) is 58.2 Å². The first-order valence-electron chi connectivity index (χ1n) is 12.3. The van der Waals surface area contributed by atoms with E-state index in [2.05, 4.69) is 12.2 Å². The number of benzene rings is 1. The molecule has 0 radical (unpaired) electrons. The Morgan fingerprint density at radius 2 is 1.91 bits per heavy atom. The summed E-state index contributed by atoms with van der Waals surface area (Å²) in [6, 6.07) is 9.99. The Morgan fingerprint density at radius 3 is 2.60 bits per heavy atom. The van der Waals surface area contributed by atoms with Crippen molar-refractivity contribution in [2.75, 3.05) is 13.1 Å². The lowest BCUT2D eigenvalue weighted by Crippen LogP contribution is -2.46. The summed E-state index contributed by atoms with van der Waals surface area (Å²) >= 11 is 0. The van der Waals surface area contributed by atoms with E-state index in [9.17, 15) is 19.2 Å². The van der Waals surface area contributed by atoms with Gasteiger partial charge in [0.25, 0.3) is 0 Å². The van der Waals surface area contributed by atoms with Gasteiger partial charge in [0, 0.05) is 25.4 Å². The van der Waals surface area contributed by atoms with Crippen LogP contribution in [-0.2, 0) is 25.7 Å². The molecule has 1 saturated heterocycles. The third kappa shape index (κ3) is 4.49. The standard InChI is InChI=1S/C27H31N3O5/c1-17(20-8-9-20)30(14-19-6-4-3-5-7-19)24(32)15-29-16-27(35-26(29)34)13-12-21-22(27)10-11-23(25(21)33)28-18(2)31/h3-7,10-11,17,20-21H,8-9,12-16H2,1-2H3,(H,28,31)/t17?,21?,27-/m0/s1. The molecule has 35 heavy (non-hydrogen) atoms. The molecule has 2 unspecified atom stereocenters. The summed E-state index contributed by atoms with van der Waals surface area (Å²) in [7, 11) is 0. The number of nitrogens with one attached hydrogen (secondary N) is 1. The van der Waals surface area contributed by atoms with E-state index in [1.165, 1.54) is 11.8 Å². The second-order valence-electron chi connectivity index (χ2n) is 10.1. The largest absolute Gasteiger partial charge is 0.436 e. The van der Waals surface area contributed by atoms with Crippen LogP contribution >= 0.6 is 0 Å². The second-order valence-corrected chi connectivity index (χ2v) is 10.1. The van der Waals surface area contributed by atoms with Crippen molar-refractivity contribution >= 4 is 23.7 Å². The van der Waals surface area contributed by atoms with Crippen LogP contribution in [0.1, 0.15) is 45.1 Å². The Morgan fingerprint density at radius 1 is 1.17 bits per heavy atom. The Hall–Kier alpha value is -3.42. The first-order chi connectivity index (χ1) is 16.8. The number of rotatable bonds is 7. The summed E-state index contributed by atoms with van der Waals surface area (Å²) < 4.78 is 5.85. The first kappa shape index (κ1) is 23.3. The van der Waals surface area contributed by atoms with E-state index in [4.69, 9.17) is 4.74 Å². The third-order valence-electron chi connectivity index (χ3n) is 7.69. The van der Waals surface area contributed by atoms with E-state index in [-0.39, 0.29) is 42.4 Å². The van der Waals surface area contributed by atoms with Gasteiger partial charge in [-0.2, -0.15) is 0 Å². The molecule has 1 N–H and O–H groups in total. The van der Waals surface area contributed by atoms with Gasteiger partial charge in [-0.15, -0.1) is 0 Å².